The van der Waals surface area contributed by atoms with Gasteiger partial charge < -0.3 is 15.7 Å². The summed E-state index contributed by atoms with van der Waals surface area (Å²) in [4.78, 5) is 19.0. The first-order valence-electron chi connectivity index (χ1n) is 6.73. The number of carbonyl (C=O) groups is 1. The Morgan fingerprint density at radius 3 is 2.68 bits per heavy atom. The highest BCUT2D eigenvalue weighted by Gasteiger charge is 2.15. The van der Waals surface area contributed by atoms with E-state index < -0.39 is 12.0 Å². The van der Waals surface area contributed by atoms with Gasteiger partial charge in [0.2, 0.25) is 0 Å². The molecule has 0 radical (unpaired) electrons. The SMILES string of the molecule is CC(Nc1cc(NC2CCCCC2)ncn1)C(=O)O. The molecular formula is C13H20N4O2. The number of hydrogen-bond acceptors (Lipinski definition) is 5. The maximum atomic E-state index is 10.8. The van der Waals surface area contributed by atoms with Gasteiger partial charge in [0.05, 0.1) is 0 Å². The van der Waals surface area contributed by atoms with E-state index in [4.69, 9.17) is 5.11 Å². The number of nitrogens with one attached hydrogen (secondary N) is 2. The Bertz CT molecular complexity index is 432. The van der Waals surface area contributed by atoms with Gasteiger partial charge in [-0.1, -0.05) is 19.3 Å². The molecule has 19 heavy (non-hydrogen) atoms. The lowest BCUT2D eigenvalue weighted by atomic mass is 9.95. The van der Waals surface area contributed by atoms with E-state index in [1.54, 1.807) is 13.0 Å². The second-order valence-electron chi connectivity index (χ2n) is 4.97. The maximum absolute atomic E-state index is 10.8. The van der Waals surface area contributed by atoms with Crippen LogP contribution in [0.25, 0.3) is 0 Å². The van der Waals surface area contributed by atoms with Crippen LogP contribution in [0, 0.1) is 0 Å². The molecule has 1 atom stereocenters. The summed E-state index contributed by atoms with van der Waals surface area (Å²) in [6, 6.07) is 1.56. The van der Waals surface area contributed by atoms with Crippen molar-refractivity contribution in [3.05, 3.63) is 12.4 Å². The van der Waals surface area contributed by atoms with Gasteiger partial charge in [-0.05, 0) is 19.8 Å². The van der Waals surface area contributed by atoms with Crippen molar-refractivity contribution < 1.29 is 9.90 Å². The monoisotopic (exact) mass is 264 g/mol. The van der Waals surface area contributed by atoms with Crippen molar-refractivity contribution in [2.75, 3.05) is 10.6 Å². The summed E-state index contributed by atoms with van der Waals surface area (Å²) < 4.78 is 0. The third-order valence-corrected chi connectivity index (χ3v) is 3.36. The molecule has 0 spiro atoms. The minimum Gasteiger partial charge on any atom is -0.480 e. The maximum Gasteiger partial charge on any atom is 0.325 e. The molecule has 0 aliphatic heterocycles. The van der Waals surface area contributed by atoms with Crippen LogP contribution < -0.4 is 10.6 Å². The van der Waals surface area contributed by atoms with Crippen molar-refractivity contribution in [3.63, 3.8) is 0 Å². The second-order valence-corrected chi connectivity index (χ2v) is 4.97. The molecule has 1 saturated carbocycles. The number of rotatable bonds is 5. The standard InChI is InChI=1S/C13H20N4O2/c1-9(13(18)19)16-11-7-12(15-8-14-11)17-10-5-3-2-4-6-10/h7-10H,2-6H2,1H3,(H,18,19)(H2,14,15,16,17). The highest BCUT2D eigenvalue weighted by Crippen LogP contribution is 2.21. The summed E-state index contributed by atoms with van der Waals surface area (Å²) in [7, 11) is 0. The van der Waals surface area contributed by atoms with Crippen molar-refractivity contribution in [2.24, 2.45) is 0 Å². The van der Waals surface area contributed by atoms with Gasteiger partial charge in [0.15, 0.2) is 0 Å². The fraction of sp³-hybridized carbons (Fsp3) is 0.615. The molecule has 3 N–H and O–H groups in total. The Balaban J connectivity index is 1.96. The van der Waals surface area contributed by atoms with Gasteiger partial charge in [-0.2, -0.15) is 0 Å². The number of carboxylic acid groups (broad SMARTS) is 1. The van der Waals surface area contributed by atoms with E-state index >= 15 is 0 Å². The molecule has 1 aliphatic rings. The molecule has 6 nitrogen and oxygen atoms in total. The zero-order valence-corrected chi connectivity index (χ0v) is 11.1. The van der Waals surface area contributed by atoms with Crippen LogP contribution in [0.4, 0.5) is 11.6 Å². The number of carboxylic acids is 1. The van der Waals surface area contributed by atoms with Crippen LogP contribution in [0.2, 0.25) is 0 Å². The van der Waals surface area contributed by atoms with Crippen LogP contribution in [0.3, 0.4) is 0 Å². The summed E-state index contributed by atoms with van der Waals surface area (Å²) in [5, 5.41) is 15.1. The van der Waals surface area contributed by atoms with E-state index in [-0.39, 0.29) is 0 Å². The molecular weight excluding hydrogens is 244 g/mol. The van der Waals surface area contributed by atoms with Gasteiger partial charge in [0.1, 0.15) is 24.0 Å². The highest BCUT2D eigenvalue weighted by molar-refractivity contribution is 5.76. The number of anilines is 2. The molecule has 0 bridgehead atoms. The van der Waals surface area contributed by atoms with Crippen molar-refractivity contribution in [3.8, 4) is 0 Å². The lowest BCUT2D eigenvalue weighted by Gasteiger charge is -2.23. The molecule has 0 saturated heterocycles. The van der Waals surface area contributed by atoms with Crippen molar-refractivity contribution in [1.29, 1.82) is 0 Å². The highest BCUT2D eigenvalue weighted by atomic mass is 16.4. The first-order valence-corrected chi connectivity index (χ1v) is 6.73. The van der Waals surface area contributed by atoms with Gasteiger partial charge in [-0.25, -0.2) is 9.97 Å². The molecule has 6 heteroatoms. The zero-order valence-electron chi connectivity index (χ0n) is 11.1. The predicted octanol–water partition coefficient (Wildman–Crippen LogP) is 2.11. The minimum absolute atomic E-state index is 0.466. The van der Waals surface area contributed by atoms with Gasteiger partial charge in [-0.15, -0.1) is 0 Å². The first-order chi connectivity index (χ1) is 9.15. The van der Waals surface area contributed by atoms with Gasteiger partial charge in [0.25, 0.3) is 0 Å². The lowest BCUT2D eigenvalue weighted by Crippen LogP contribution is -2.26. The Labute approximate surface area is 112 Å². The number of hydrogen-bond donors (Lipinski definition) is 3. The summed E-state index contributed by atoms with van der Waals surface area (Å²) in [6.45, 7) is 1.58. The van der Waals surface area contributed by atoms with Crippen molar-refractivity contribution in [1.82, 2.24) is 9.97 Å². The summed E-state index contributed by atoms with van der Waals surface area (Å²) in [6.07, 6.45) is 7.59. The van der Waals surface area contributed by atoms with Crippen LogP contribution in [0.15, 0.2) is 12.4 Å². The fourth-order valence-corrected chi connectivity index (χ4v) is 2.25. The van der Waals surface area contributed by atoms with E-state index in [1.165, 1.54) is 25.6 Å². The minimum atomic E-state index is -0.902. The Morgan fingerprint density at radius 2 is 2.00 bits per heavy atom. The molecule has 104 valence electrons. The zero-order chi connectivity index (χ0) is 13.7. The third-order valence-electron chi connectivity index (χ3n) is 3.36. The third kappa shape index (κ3) is 4.08. The Morgan fingerprint density at radius 1 is 1.32 bits per heavy atom. The van der Waals surface area contributed by atoms with Crippen LogP contribution in [0.5, 0.6) is 0 Å². The second kappa shape index (κ2) is 6.36. The quantitative estimate of drug-likeness (QED) is 0.755. The normalized spacial score (nSPS) is 17.7. The average molecular weight is 264 g/mol. The van der Waals surface area contributed by atoms with Gasteiger partial charge >= 0.3 is 5.97 Å². The van der Waals surface area contributed by atoms with E-state index in [0.29, 0.717) is 11.9 Å². The molecule has 2 rings (SSSR count). The molecule has 1 unspecified atom stereocenters. The smallest absolute Gasteiger partial charge is 0.325 e. The molecule has 1 aromatic rings. The lowest BCUT2D eigenvalue weighted by molar-refractivity contribution is -0.137. The molecule has 1 fully saturated rings. The summed E-state index contributed by atoms with van der Waals surface area (Å²) >= 11 is 0. The number of nitrogens with zero attached hydrogens (tertiary/aromatic N) is 2. The first kappa shape index (κ1) is 13.6. The topological polar surface area (TPSA) is 87.1 Å². The molecule has 1 aliphatic carbocycles. The number of aliphatic carboxylic acids is 1. The predicted molar refractivity (Wildman–Crippen MR) is 73.2 cm³/mol. The average Bonchev–Trinajstić information content (AvgIpc) is 2.40. The van der Waals surface area contributed by atoms with Crippen LogP contribution in [-0.4, -0.2) is 33.1 Å². The van der Waals surface area contributed by atoms with Crippen LogP contribution in [0.1, 0.15) is 39.0 Å². The van der Waals surface area contributed by atoms with E-state index in [1.807, 2.05) is 0 Å². The molecule has 1 aromatic heterocycles. The molecule has 0 amide bonds. The number of aromatic nitrogens is 2. The Kier molecular flexibility index (Phi) is 4.54. The van der Waals surface area contributed by atoms with Crippen LogP contribution in [-0.2, 0) is 4.79 Å². The van der Waals surface area contributed by atoms with E-state index in [2.05, 4.69) is 20.6 Å². The summed E-state index contributed by atoms with van der Waals surface area (Å²) in [5.74, 6) is 0.380. The van der Waals surface area contributed by atoms with Gasteiger partial charge in [-0.3, -0.25) is 4.79 Å². The van der Waals surface area contributed by atoms with E-state index in [0.717, 1.165) is 18.7 Å². The van der Waals surface area contributed by atoms with Crippen molar-refractivity contribution >= 4 is 17.6 Å². The largest absolute Gasteiger partial charge is 0.480 e. The fourth-order valence-electron chi connectivity index (χ4n) is 2.25. The summed E-state index contributed by atoms with van der Waals surface area (Å²) in [5.41, 5.74) is 0. The van der Waals surface area contributed by atoms with Crippen molar-refractivity contribution in [2.45, 2.75) is 51.1 Å². The molecule has 0 aromatic carbocycles. The molecule has 1 heterocycles. The van der Waals surface area contributed by atoms with Crippen LogP contribution >= 0.6 is 0 Å². The van der Waals surface area contributed by atoms with E-state index in [9.17, 15) is 4.79 Å². The Hall–Kier alpha value is -1.85. The van der Waals surface area contributed by atoms with Gasteiger partial charge in [0, 0.05) is 12.1 Å².